The molecule has 2 aromatic heterocycles. The second-order valence-electron chi connectivity index (χ2n) is 10.7. The number of carbonyl (C=O) groups excluding carboxylic acids is 1. The zero-order valence-corrected chi connectivity index (χ0v) is 25.4. The highest BCUT2D eigenvalue weighted by Gasteiger charge is 2.21. The molecule has 1 aliphatic rings. The number of likely N-dealkylation sites (N-methyl/N-ethyl adjacent to an activating group) is 2. The molecule has 0 unspecified atom stereocenters. The molecular weight excluding hydrogens is 567 g/mol. The third-order valence-corrected chi connectivity index (χ3v) is 8.81. The number of aliphatic hydroxyl groups excluding tert-OH is 1. The van der Waals surface area contributed by atoms with E-state index in [4.69, 9.17) is 0 Å². The van der Waals surface area contributed by atoms with Gasteiger partial charge >= 0.3 is 0 Å². The average Bonchev–Trinajstić information content (AvgIpc) is 3.45. The van der Waals surface area contributed by atoms with Gasteiger partial charge in [-0.15, -0.1) is 11.3 Å². The molecule has 0 aliphatic carbocycles. The summed E-state index contributed by atoms with van der Waals surface area (Å²) < 4.78 is 16.0. The van der Waals surface area contributed by atoms with Gasteiger partial charge in [0.25, 0.3) is 11.5 Å². The highest BCUT2D eigenvalue weighted by Crippen LogP contribution is 2.33. The number of amides is 1. The highest BCUT2D eigenvalue weighted by molar-refractivity contribution is 7.20. The molecule has 1 saturated heterocycles. The predicted octanol–water partition coefficient (Wildman–Crippen LogP) is 5.39. The summed E-state index contributed by atoms with van der Waals surface area (Å²) in [5, 5.41) is 23.9. The molecule has 0 spiro atoms. The Bertz CT molecular complexity index is 1760. The summed E-state index contributed by atoms with van der Waals surface area (Å²) >= 11 is 1.30. The average molecular weight is 603 g/mol. The zero-order valence-electron chi connectivity index (χ0n) is 24.6. The first-order valence-electron chi connectivity index (χ1n) is 14.1. The van der Waals surface area contributed by atoms with Crippen LogP contribution in [0.1, 0.15) is 35.5 Å². The van der Waals surface area contributed by atoms with Gasteiger partial charge < -0.3 is 20.6 Å². The van der Waals surface area contributed by atoms with E-state index in [1.165, 1.54) is 23.5 Å². The van der Waals surface area contributed by atoms with Crippen molar-refractivity contribution in [2.45, 2.75) is 26.9 Å². The number of nitrogens with one attached hydrogen (secondary N) is 3. The van der Waals surface area contributed by atoms with Crippen molar-refractivity contribution in [2.24, 2.45) is 0 Å². The molecule has 0 bridgehead atoms. The molecule has 0 radical (unpaired) electrons. The Morgan fingerprint density at radius 3 is 2.70 bits per heavy atom. The number of piperazine rings is 1. The van der Waals surface area contributed by atoms with Gasteiger partial charge in [0.15, 0.2) is 0 Å². The molecule has 4 aromatic rings. The normalized spacial score (nSPS) is 15.6. The van der Waals surface area contributed by atoms with Crippen molar-refractivity contribution in [1.82, 2.24) is 20.0 Å². The van der Waals surface area contributed by atoms with E-state index in [0.29, 0.717) is 16.1 Å². The van der Waals surface area contributed by atoms with Crippen LogP contribution in [-0.4, -0.2) is 64.7 Å². The number of halogens is 1. The second-order valence-corrected chi connectivity index (χ2v) is 11.8. The van der Waals surface area contributed by atoms with Gasteiger partial charge in [-0.1, -0.05) is 30.7 Å². The quantitative estimate of drug-likeness (QED) is 0.214. The van der Waals surface area contributed by atoms with Crippen molar-refractivity contribution in [1.29, 1.82) is 0 Å². The number of aromatic nitrogens is 2. The summed E-state index contributed by atoms with van der Waals surface area (Å²) in [5.41, 5.74) is 3.50. The molecule has 0 atom stereocenters. The van der Waals surface area contributed by atoms with Gasteiger partial charge in [0.1, 0.15) is 11.5 Å². The van der Waals surface area contributed by atoms with E-state index >= 15 is 4.39 Å². The van der Waals surface area contributed by atoms with E-state index in [1.807, 2.05) is 31.2 Å². The van der Waals surface area contributed by atoms with Gasteiger partial charge in [0, 0.05) is 53.9 Å². The van der Waals surface area contributed by atoms with E-state index in [2.05, 4.69) is 57.7 Å². The number of benzene rings is 2. The maximum Gasteiger partial charge on any atom is 0.287 e. The molecule has 3 heterocycles. The van der Waals surface area contributed by atoms with Crippen LogP contribution in [0.15, 0.2) is 76.4 Å². The molecule has 2 aromatic carbocycles. The van der Waals surface area contributed by atoms with Crippen molar-refractivity contribution in [2.75, 3.05) is 44.4 Å². The van der Waals surface area contributed by atoms with Crippen LogP contribution in [-0.2, 0) is 6.61 Å². The van der Waals surface area contributed by atoms with Gasteiger partial charge in [-0.05, 0) is 62.2 Å². The van der Waals surface area contributed by atoms with Crippen LogP contribution >= 0.6 is 11.3 Å². The Balaban J connectivity index is 1.49. The first-order chi connectivity index (χ1) is 20.7. The molecular formula is C32H35FN6O3S. The zero-order chi connectivity index (χ0) is 30.7. The number of hydrogen-bond donors (Lipinski definition) is 4. The molecule has 4 N–H and O–H groups in total. The number of aromatic amines is 1. The molecule has 0 saturated carbocycles. The molecule has 1 aliphatic heterocycles. The van der Waals surface area contributed by atoms with E-state index < -0.39 is 23.9 Å². The first kappa shape index (κ1) is 30.1. The first-order valence-corrected chi connectivity index (χ1v) is 14.9. The summed E-state index contributed by atoms with van der Waals surface area (Å²) in [6.45, 7) is 6.15. The maximum absolute atomic E-state index is 15.1. The Kier molecular flexibility index (Phi) is 9.05. The standard InChI is InChI=1S/C32H35FN6O3S/c1-5-19(2)25(15-21-17-38(3)12-13-39(21)4)34-27-16-26(36-37-31(27)41)22-10-11-24(33)30(23(22)18-40)35-32(42)29-14-20-8-6-7-9-28(20)43-29/h6-11,14-16,40H,5,12-13,17-18H2,1-4H3,(H,34,36)(H,35,42)(H,37,41)/b21-15-,25-19?. The van der Waals surface area contributed by atoms with E-state index in [9.17, 15) is 14.7 Å². The minimum atomic E-state index is -0.693. The summed E-state index contributed by atoms with van der Waals surface area (Å²) in [6.07, 6.45) is 2.84. The van der Waals surface area contributed by atoms with E-state index in [0.717, 1.165) is 53.1 Å². The fourth-order valence-electron chi connectivity index (χ4n) is 4.93. The SMILES string of the molecule is CCC(C)=C(/C=C1/CN(C)CCN1C)Nc1cc(-c2ccc(F)c(NC(=O)c3cc4ccccc4s3)c2CO)n[nH]c1=O. The number of hydrogen-bond acceptors (Lipinski definition) is 8. The van der Waals surface area contributed by atoms with Crippen LogP contribution in [0, 0.1) is 5.82 Å². The Labute approximate surface area is 253 Å². The van der Waals surface area contributed by atoms with Crippen molar-refractivity contribution in [3.05, 3.63) is 98.2 Å². The number of rotatable bonds is 8. The molecule has 9 nitrogen and oxygen atoms in total. The largest absolute Gasteiger partial charge is 0.392 e. The third-order valence-electron chi connectivity index (χ3n) is 7.70. The Morgan fingerprint density at radius 1 is 1.16 bits per heavy atom. The minimum Gasteiger partial charge on any atom is -0.392 e. The van der Waals surface area contributed by atoms with Crippen molar-refractivity contribution < 1.29 is 14.3 Å². The lowest BCUT2D eigenvalue weighted by Crippen LogP contribution is -2.40. The molecule has 224 valence electrons. The van der Waals surface area contributed by atoms with Gasteiger partial charge in [0.05, 0.1) is 22.9 Å². The van der Waals surface area contributed by atoms with Crippen LogP contribution in [0.2, 0.25) is 0 Å². The Hall–Kier alpha value is -4.32. The molecule has 5 rings (SSSR count). The Morgan fingerprint density at radius 2 is 1.95 bits per heavy atom. The van der Waals surface area contributed by atoms with Crippen molar-refractivity contribution >= 4 is 38.7 Å². The minimum absolute atomic E-state index is 0.137. The monoisotopic (exact) mass is 602 g/mol. The maximum atomic E-state index is 15.1. The third kappa shape index (κ3) is 6.53. The smallest absolute Gasteiger partial charge is 0.287 e. The van der Waals surface area contributed by atoms with E-state index in [1.54, 1.807) is 12.1 Å². The van der Waals surface area contributed by atoms with Crippen LogP contribution in [0.25, 0.3) is 21.3 Å². The number of allylic oxidation sites excluding steroid dienone is 2. The van der Waals surface area contributed by atoms with Gasteiger partial charge in [0.2, 0.25) is 0 Å². The summed E-state index contributed by atoms with van der Waals surface area (Å²) in [7, 11) is 4.13. The fraction of sp³-hybridized carbons (Fsp3) is 0.281. The number of anilines is 2. The number of H-pyrrole nitrogens is 1. The topological polar surface area (TPSA) is 114 Å². The lowest BCUT2D eigenvalue weighted by atomic mass is 10.0. The number of nitrogens with zero attached hydrogens (tertiary/aromatic N) is 3. The number of fused-ring (bicyclic) bond motifs is 1. The highest BCUT2D eigenvalue weighted by atomic mass is 32.1. The number of aliphatic hydroxyl groups is 1. The lowest BCUT2D eigenvalue weighted by Gasteiger charge is -2.34. The van der Waals surface area contributed by atoms with Crippen LogP contribution in [0.5, 0.6) is 0 Å². The summed E-state index contributed by atoms with van der Waals surface area (Å²) in [5.74, 6) is -1.18. The summed E-state index contributed by atoms with van der Waals surface area (Å²) in [4.78, 5) is 30.9. The second kappa shape index (κ2) is 12.9. The van der Waals surface area contributed by atoms with Crippen LogP contribution < -0.4 is 16.2 Å². The van der Waals surface area contributed by atoms with Crippen LogP contribution in [0.4, 0.5) is 15.8 Å². The number of carbonyl (C=O) groups is 1. The van der Waals surface area contributed by atoms with E-state index in [-0.39, 0.29) is 16.9 Å². The molecule has 1 amide bonds. The lowest BCUT2D eigenvalue weighted by molar-refractivity contribution is 0.103. The predicted molar refractivity (Wildman–Crippen MR) is 171 cm³/mol. The van der Waals surface area contributed by atoms with Gasteiger partial charge in [-0.25, -0.2) is 9.49 Å². The molecule has 11 heteroatoms. The van der Waals surface area contributed by atoms with Crippen molar-refractivity contribution in [3.63, 3.8) is 0 Å². The molecule has 1 fully saturated rings. The summed E-state index contributed by atoms with van der Waals surface area (Å²) in [6, 6.07) is 13.6. The molecule has 43 heavy (non-hydrogen) atoms. The van der Waals surface area contributed by atoms with Crippen LogP contribution in [0.3, 0.4) is 0 Å². The van der Waals surface area contributed by atoms with Gasteiger partial charge in [-0.3, -0.25) is 14.5 Å². The fourth-order valence-corrected chi connectivity index (χ4v) is 5.89. The van der Waals surface area contributed by atoms with Crippen molar-refractivity contribution in [3.8, 4) is 11.3 Å². The number of thiophene rings is 1. The van der Waals surface area contributed by atoms with Gasteiger partial charge in [-0.2, -0.15) is 5.10 Å².